The van der Waals surface area contributed by atoms with Crippen molar-refractivity contribution < 1.29 is 9.53 Å². The van der Waals surface area contributed by atoms with Crippen LogP contribution in [0.5, 0.6) is 5.75 Å². The monoisotopic (exact) mass is 444 g/mol. The van der Waals surface area contributed by atoms with Gasteiger partial charge in [-0.2, -0.15) is 0 Å². The molecule has 1 fully saturated rings. The molecule has 0 atom stereocenters. The van der Waals surface area contributed by atoms with Crippen LogP contribution < -0.4 is 9.64 Å². The third kappa shape index (κ3) is 4.34. The topological polar surface area (TPSA) is 50.6 Å². The molecule has 33 heavy (non-hydrogen) atoms. The Bertz CT molecular complexity index is 1110. The van der Waals surface area contributed by atoms with Gasteiger partial charge in [-0.25, -0.2) is 4.98 Å². The molecule has 0 aliphatic carbocycles. The maximum atomic E-state index is 13.6. The Balaban J connectivity index is 1.36. The predicted octanol–water partition coefficient (Wildman–Crippen LogP) is 4.56. The minimum Gasteiger partial charge on any atom is -0.497 e. The van der Waals surface area contributed by atoms with E-state index in [0.29, 0.717) is 18.8 Å². The molecule has 0 saturated carbocycles. The maximum absolute atomic E-state index is 13.6. The van der Waals surface area contributed by atoms with E-state index < -0.39 is 0 Å². The van der Waals surface area contributed by atoms with Gasteiger partial charge in [0.05, 0.1) is 12.8 Å². The third-order valence-electron chi connectivity index (χ3n) is 6.88. The molecule has 3 aromatic rings. The van der Waals surface area contributed by atoms with E-state index in [2.05, 4.69) is 52.8 Å². The van der Waals surface area contributed by atoms with Crippen molar-refractivity contribution in [2.45, 2.75) is 39.2 Å². The summed E-state index contributed by atoms with van der Waals surface area (Å²) >= 11 is 0. The Morgan fingerprint density at radius 1 is 0.879 bits per heavy atom. The number of hydrogen-bond donors (Lipinski definition) is 0. The van der Waals surface area contributed by atoms with Gasteiger partial charge < -0.3 is 19.1 Å². The Labute approximate surface area is 195 Å². The van der Waals surface area contributed by atoms with Gasteiger partial charge in [0, 0.05) is 44.0 Å². The highest BCUT2D eigenvalue weighted by Gasteiger charge is 2.29. The van der Waals surface area contributed by atoms with Gasteiger partial charge in [0.15, 0.2) is 0 Å². The SMILES string of the molecule is COc1ccc(N2CCN(C(=O)c3nc(-c4ccc(C)cc4)n4c3CCCCC4)CC2)cc1. The van der Waals surface area contributed by atoms with Crippen LogP contribution in [0.25, 0.3) is 11.4 Å². The zero-order valence-corrected chi connectivity index (χ0v) is 19.6. The molecule has 0 radical (unpaired) electrons. The molecule has 6 nitrogen and oxygen atoms in total. The normalized spacial score (nSPS) is 16.3. The number of carbonyl (C=O) groups excluding carboxylic acids is 1. The van der Waals surface area contributed by atoms with E-state index in [1.54, 1.807) is 7.11 Å². The van der Waals surface area contributed by atoms with E-state index >= 15 is 0 Å². The first-order valence-corrected chi connectivity index (χ1v) is 12.0. The number of hydrogen-bond acceptors (Lipinski definition) is 4. The van der Waals surface area contributed by atoms with Crippen molar-refractivity contribution in [1.82, 2.24) is 14.5 Å². The minimum atomic E-state index is 0.0772. The van der Waals surface area contributed by atoms with Crippen molar-refractivity contribution in [3.63, 3.8) is 0 Å². The number of aromatic nitrogens is 2. The summed E-state index contributed by atoms with van der Waals surface area (Å²) in [6.07, 6.45) is 4.37. The summed E-state index contributed by atoms with van der Waals surface area (Å²) in [7, 11) is 1.68. The van der Waals surface area contributed by atoms with E-state index in [-0.39, 0.29) is 5.91 Å². The Morgan fingerprint density at radius 2 is 1.61 bits per heavy atom. The molecule has 0 spiro atoms. The first kappa shape index (κ1) is 21.6. The summed E-state index contributed by atoms with van der Waals surface area (Å²) in [4.78, 5) is 22.9. The van der Waals surface area contributed by atoms with Crippen LogP contribution in [0.1, 0.15) is 41.0 Å². The number of aryl methyl sites for hydroxylation is 1. The molecule has 0 bridgehead atoms. The molecule has 2 aromatic carbocycles. The molecule has 1 amide bonds. The number of carbonyl (C=O) groups is 1. The standard InChI is InChI=1S/C27H32N4O2/c1-20-7-9-21(10-8-20)26-28-25(24-6-4-3-5-15-31(24)26)27(32)30-18-16-29(17-19-30)22-11-13-23(33-2)14-12-22/h7-14H,3-6,15-19H2,1-2H3. The second-order valence-electron chi connectivity index (χ2n) is 9.04. The predicted molar refractivity (Wildman–Crippen MR) is 131 cm³/mol. The highest BCUT2D eigenvalue weighted by Crippen LogP contribution is 2.29. The Hall–Kier alpha value is -3.28. The summed E-state index contributed by atoms with van der Waals surface area (Å²) < 4.78 is 7.57. The van der Waals surface area contributed by atoms with Crippen LogP contribution in [0.4, 0.5) is 5.69 Å². The van der Waals surface area contributed by atoms with Crippen LogP contribution in [0.3, 0.4) is 0 Å². The number of amides is 1. The zero-order chi connectivity index (χ0) is 22.8. The van der Waals surface area contributed by atoms with Crippen LogP contribution in [0.15, 0.2) is 48.5 Å². The van der Waals surface area contributed by atoms with Crippen molar-refractivity contribution in [3.05, 3.63) is 65.5 Å². The minimum absolute atomic E-state index is 0.0772. The molecule has 2 aliphatic heterocycles. The lowest BCUT2D eigenvalue weighted by molar-refractivity contribution is 0.0740. The molecule has 172 valence electrons. The summed E-state index contributed by atoms with van der Waals surface area (Å²) in [5, 5.41) is 0. The molecule has 6 heteroatoms. The second-order valence-corrected chi connectivity index (χ2v) is 9.04. The fourth-order valence-electron chi connectivity index (χ4n) is 4.92. The average molecular weight is 445 g/mol. The van der Waals surface area contributed by atoms with Gasteiger partial charge in [-0.3, -0.25) is 4.79 Å². The Morgan fingerprint density at radius 3 is 2.30 bits per heavy atom. The van der Waals surface area contributed by atoms with E-state index in [9.17, 15) is 4.79 Å². The van der Waals surface area contributed by atoms with Gasteiger partial charge in [-0.15, -0.1) is 0 Å². The van der Waals surface area contributed by atoms with E-state index in [0.717, 1.165) is 61.7 Å². The number of piperazine rings is 1. The largest absolute Gasteiger partial charge is 0.497 e. The maximum Gasteiger partial charge on any atom is 0.274 e. The number of anilines is 1. The van der Waals surface area contributed by atoms with Crippen LogP contribution >= 0.6 is 0 Å². The van der Waals surface area contributed by atoms with Crippen LogP contribution in [-0.2, 0) is 13.0 Å². The number of rotatable bonds is 4. The number of nitrogens with zero attached hydrogens (tertiary/aromatic N) is 4. The Kier molecular flexibility index (Phi) is 6.07. The van der Waals surface area contributed by atoms with Gasteiger partial charge in [0.2, 0.25) is 0 Å². The van der Waals surface area contributed by atoms with Crippen molar-refractivity contribution >= 4 is 11.6 Å². The van der Waals surface area contributed by atoms with Crippen molar-refractivity contribution in [1.29, 1.82) is 0 Å². The lowest BCUT2D eigenvalue weighted by Crippen LogP contribution is -2.49. The second kappa shape index (κ2) is 9.30. The molecule has 2 aliphatic rings. The smallest absolute Gasteiger partial charge is 0.274 e. The lowest BCUT2D eigenvalue weighted by Gasteiger charge is -2.36. The number of methoxy groups -OCH3 is 1. The van der Waals surface area contributed by atoms with E-state index in [1.807, 2.05) is 17.0 Å². The molecule has 0 unspecified atom stereocenters. The highest BCUT2D eigenvalue weighted by atomic mass is 16.5. The first-order chi connectivity index (χ1) is 16.1. The zero-order valence-electron chi connectivity index (χ0n) is 19.6. The van der Waals surface area contributed by atoms with Gasteiger partial charge in [-0.1, -0.05) is 36.2 Å². The summed E-state index contributed by atoms with van der Waals surface area (Å²) in [6, 6.07) is 16.6. The number of benzene rings is 2. The molecule has 3 heterocycles. The molecule has 0 N–H and O–H groups in total. The fraction of sp³-hybridized carbons (Fsp3) is 0.407. The molecular formula is C27H32N4O2. The van der Waals surface area contributed by atoms with E-state index in [1.165, 1.54) is 17.7 Å². The summed E-state index contributed by atoms with van der Waals surface area (Å²) in [5.74, 6) is 1.87. The quantitative estimate of drug-likeness (QED) is 0.592. The van der Waals surface area contributed by atoms with Crippen LogP contribution in [0.2, 0.25) is 0 Å². The number of ether oxygens (including phenoxy) is 1. The molecule has 1 aromatic heterocycles. The van der Waals surface area contributed by atoms with Gasteiger partial charge in [0.25, 0.3) is 5.91 Å². The average Bonchev–Trinajstić information content (AvgIpc) is 3.05. The van der Waals surface area contributed by atoms with Crippen molar-refractivity contribution in [3.8, 4) is 17.1 Å². The lowest BCUT2D eigenvalue weighted by atomic mass is 10.1. The third-order valence-corrected chi connectivity index (χ3v) is 6.88. The van der Waals surface area contributed by atoms with Crippen molar-refractivity contribution in [2.75, 3.05) is 38.2 Å². The first-order valence-electron chi connectivity index (χ1n) is 12.0. The van der Waals surface area contributed by atoms with Crippen LogP contribution in [-0.4, -0.2) is 53.6 Å². The van der Waals surface area contributed by atoms with Gasteiger partial charge in [0.1, 0.15) is 17.3 Å². The molecule has 5 rings (SSSR count). The van der Waals surface area contributed by atoms with Crippen LogP contribution in [0, 0.1) is 6.92 Å². The number of imidazole rings is 1. The van der Waals surface area contributed by atoms with Gasteiger partial charge in [-0.05, 0) is 50.5 Å². The summed E-state index contributed by atoms with van der Waals surface area (Å²) in [5.41, 5.74) is 5.26. The van der Waals surface area contributed by atoms with Crippen molar-refractivity contribution in [2.24, 2.45) is 0 Å². The molecule has 1 saturated heterocycles. The van der Waals surface area contributed by atoms with Gasteiger partial charge >= 0.3 is 0 Å². The summed E-state index contributed by atoms with van der Waals surface area (Å²) in [6.45, 7) is 6.08. The number of fused-ring (bicyclic) bond motifs is 1. The highest BCUT2D eigenvalue weighted by molar-refractivity contribution is 5.94. The fourth-order valence-corrected chi connectivity index (χ4v) is 4.92. The molecular weight excluding hydrogens is 412 g/mol. The van der Waals surface area contributed by atoms with E-state index in [4.69, 9.17) is 9.72 Å².